The van der Waals surface area contributed by atoms with E-state index >= 15 is 0 Å². The van der Waals surface area contributed by atoms with Gasteiger partial charge in [-0.2, -0.15) is 0 Å². The van der Waals surface area contributed by atoms with Gasteiger partial charge >= 0.3 is 5.97 Å². The standard InChI is InChI=1S/C18H16N2O4S2/c1-11-8-9-14(10-15(11)18(21)22)26(23,24)20-17-16(25-12(2)19-17)13-6-4-3-5-7-13/h3-10,20H,1-2H3,(H,21,22). The topological polar surface area (TPSA) is 96.4 Å². The summed E-state index contributed by atoms with van der Waals surface area (Å²) < 4.78 is 28.0. The summed E-state index contributed by atoms with van der Waals surface area (Å²) in [6.07, 6.45) is 0. The summed E-state index contributed by atoms with van der Waals surface area (Å²) in [4.78, 5) is 16.1. The lowest BCUT2D eigenvalue weighted by Gasteiger charge is -2.09. The monoisotopic (exact) mass is 388 g/mol. The van der Waals surface area contributed by atoms with Crippen LogP contribution in [0.1, 0.15) is 20.9 Å². The van der Waals surface area contributed by atoms with Gasteiger partial charge in [0.15, 0.2) is 5.82 Å². The predicted molar refractivity (Wildman–Crippen MR) is 101 cm³/mol. The molecule has 0 aliphatic carbocycles. The zero-order chi connectivity index (χ0) is 18.9. The molecule has 8 heteroatoms. The van der Waals surface area contributed by atoms with Crippen LogP contribution in [0.4, 0.5) is 5.82 Å². The third-order valence-electron chi connectivity index (χ3n) is 3.75. The van der Waals surface area contributed by atoms with E-state index in [0.717, 1.165) is 16.6 Å². The zero-order valence-electron chi connectivity index (χ0n) is 14.1. The van der Waals surface area contributed by atoms with Gasteiger partial charge in [-0.15, -0.1) is 11.3 Å². The first-order valence-corrected chi connectivity index (χ1v) is 9.97. The lowest BCUT2D eigenvalue weighted by molar-refractivity contribution is 0.0696. The number of carbonyl (C=O) groups is 1. The second-order valence-electron chi connectivity index (χ2n) is 5.66. The average Bonchev–Trinajstić information content (AvgIpc) is 2.95. The first-order valence-electron chi connectivity index (χ1n) is 7.67. The van der Waals surface area contributed by atoms with Crippen molar-refractivity contribution < 1.29 is 18.3 Å². The Morgan fingerprint density at radius 1 is 1.12 bits per heavy atom. The van der Waals surface area contributed by atoms with Crippen molar-refractivity contribution in [1.82, 2.24) is 4.98 Å². The van der Waals surface area contributed by atoms with E-state index in [4.69, 9.17) is 0 Å². The van der Waals surface area contributed by atoms with Gasteiger partial charge in [-0.05, 0) is 37.1 Å². The number of rotatable bonds is 5. The Morgan fingerprint density at radius 2 is 1.81 bits per heavy atom. The molecule has 1 aromatic heterocycles. The lowest BCUT2D eigenvalue weighted by atomic mass is 10.1. The quantitative estimate of drug-likeness (QED) is 0.690. The van der Waals surface area contributed by atoms with E-state index in [1.165, 1.54) is 23.5 Å². The smallest absolute Gasteiger partial charge is 0.335 e. The number of aromatic nitrogens is 1. The molecular formula is C18H16N2O4S2. The maximum absolute atomic E-state index is 12.7. The Hall–Kier alpha value is -2.71. The van der Waals surface area contributed by atoms with E-state index in [2.05, 4.69) is 9.71 Å². The van der Waals surface area contributed by atoms with Crippen molar-refractivity contribution in [3.63, 3.8) is 0 Å². The van der Waals surface area contributed by atoms with Gasteiger partial charge in [0.2, 0.25) is 0 Å². The second-order valence-corrected chi connectivity index (χ2v) is 8.55. The Bertz CT molecular complexity index is 1070. The first kappa shape index (κ1) is 18.1. The molecule has 0 unspecified atom stereocenters. The molecule has 0 saturated carbocycles. The number of sulfonamides is 1. The molecule has 3 rings (SSSR count). The molecule has 0 bridgehead atoms. The van der Waals surface area contributed by atoms with Gasteiger partial charge in [-0.3, -0.25) is 4.72 Å². The molecular weight excluding hydrogens is 372 g/mol. The summed E-state index contributed by atoms with van der Waals surface area (Å²) in [7, 11) is -3.97. The van der Waals surface area contributed by atoms with E-state index < -0.39 is 16.0 Å². The number of hydrogen-bond acceptors (Lipinski definition) is 5. The van der Waals surface area contributed by atoms with Crippen molar-refractivity contribution in [3.05, 3.63) is 64.7 Å². The molecule has 1 heterocycles. The predicted octanol–water partition coefficient (Wildman–Crippen LogP) is 3.93. The molecule has 26 heavy (non-hydrogen) atoms. The minimum absolute atomic E-state index is 0.0504. The molecule has 3 aromatic rings. The van der Waals surface area contributed by atoms with Gasteiger partial charge in [0, 0.05) is 0 Å². The van der Waals surface area contributed by atoms with Crippen molar-refractivity contribution in [2.75, 3.05) is 4.72 Å². The number of benzene rings is 2. The zero-order valence-corrected chi connectivity index (χ0v) is 15.7. The molecule has 2 aromatic carbocycles. The molecule has 134 valence electrons. The van der Waals surface area contributed by atoms with E-state index in [0.29, 0.717) is 10.4 Å². The number of carboxylic acid groups (broad SMARTS) is 1. The highest BCUT2D eigenvalue weighted by Gasteiger charge is 2.21. The fourth-order valence-corrected chi connectivity index (χ4v) is 4.45. The van der Waals surface area contributed by atoms with Crippen LogP contribution in [0, 0.1) is 13.8 Å². The minimum atomic E-state index is -3.97. The Morgan fingerprint density at radius 3 is 2.46 bits per heavy atom. The highest BCUT2D eigenvalue weighted by molar-refractivity contribution is 7.92. The number of carboxylic acids is 1. The number of hydrogen-bond donors (Lipinski definition) is 2. The molecule has 2 N–H and O–H groups in total. The number of aryl methyl sites for hydroxylation is 2. The minimum Gasteiger partial charge on any atom is -0.478 e. The molecule has 0 aliphatic rings. The van der Waals surface area contributed by atoms with Crippen molar-refractivity contribution in [2.45, 2.75) is 18.7 Å². The van der Waals surface area contributed by atoms with Crippen LogP contribution in [0.5, 0.6) is 0 Å². The summed E-state index contributed by atoms with van der Waals surface area (Å²) in [6, 6.07) is 13.4. The van der Waals surface area contributed by atoms with Crippen LogP contribution in [0.3, 0.4) is 0 Å². The summed E-state index contributed by atoms with van der Waals surface area (Å²) in [5.74, 6) is -0.940. The molecule has 0 aliphatic heterocycles. The molecule has 6 nitrogen and oxygen atoms in total. The van der Waals surface area contributed by atoms with Gasteiger partial charge in [0.05, 0.1) is 20.3 Å². The third kappa shape index (κ3) is 3.61. The van der Waals surface area contributed by atoms with Crippen molar-refractivity contribution in [3.8, 4) is 10.4 Å². The average molecular weight is 388 g/mol. The maximum atomic E-state index is 12.7. The largest absolute Gasteiger partial charge is 0.478 e. The van der Waals surface area contributed by atoms with Crippen molar-refractivity contribution >= 4 is 33.1 Å². The fraction of sp³-hybridized carbons (Fsp3) is 0.111. The van der Waals surface area contributed by atoms with Crippen molar-refractivity contribution in [2.24, 2.45) is 0 Å². The van der Waals surface area contributed by atoms with Crippen LogP contribution >= 0.6 is 11.3 Å². The van der Waals surface area contributed by atoms with E-state index in [9.17, 15) is 18.3 Å². The molecule has 0 radical (unpaired) electrons. The molecule has 0 saturated heterocycles. The normalized spacial score (nSPS) is 11.3. The molecule has 0 fully saturated rings. The molecule has 0 atom stereocenters. The van der Waals surface area contributed by atoms with Crippen molar-refractivity contribution in [1.29, 1.82) is 0 Å². The van der Waals surface area contributed by atoms with E-state index in [-0.39, 0.29) is 16.3 Å². The summed E-state index contributed by atoms with van der Waals surface area (Å²) in [6.45, 7) is 3.41. The van der Waals surface area contributed by atoms with Crippen LogP contribution in [0.15, 0.2) is 53.4 Å². The van der Waals surface area contributed by atoms with Gasteiger partial charge in [-0.1, -0.05) is 36.4 Å². The summed E-state index contributed by atoms with van der Waals surface area (Å²) >= 11 is 1.38. The second kappa shape index (κ2) is 6.89. The van der Waals surface area contributed by atoms with Crippen LogP contribution < -0.4 is 4.72 Å². The Kier molecular flexibility index (Phi) is 4.80. The highest BCUT2D eigenvalue weighted by Crippen LogP contribution is 2.34. The Labute approximate surface area is 155 Å². The molecule has 0 spiro atoms. The third-order valence-corrected chi connectivity index (χ3v) is 6.11. The summed E-state index contributed by atoms with van der Waals surface area (Å²) in [5.41, 5.74) is 1.29. The van der Waals surface area contributed by atoms with Gasteiger partial charge < -0.3 is 5.11 Å². The van der Waals surface area contributed by atoms with Crippen LogP contribution in [0.25, 0.3) is 10.4 Å². The maximum Gasteiger partial charge on any atom is 0.335 e. The molecule has 0 amide bonds. The van der Waals surface area contributed by atoms with E-state index in [1.807, 2.05) is 30.3 Å². The number of thiazole rings is 1. The first-order chi connectivity index (χ1) is 12.3. The van der Waals surface area contributed by atoms with Crippen LogP contribution in [-0.4, -0.2) is 24.5 Å². The van der Waals surface area contributed by atoms with Crippen LogP contribution in [0.2, 0.25) is 0 Å². The van der Waals surface area contributed by atoms with Crippen LogP contribution in [-0.2, 0) is 10.0 Å². The summed E-state index contributed by atoms with van der Waals surface area (Å²) in [5, 5.41) is 9.93. The van der Waals surface area contributed by atoms with Gasteiger partial charge in [-0.25, -0.2) is 18.2 Å². The number of nitrogens with one attached hydrogen (secondary N) is 1. The lowest BCUT2D eigenvalue weighted by Crippen LogP contribution is -2.15. The SMILES string of the molecule is Cc1nc(NS(=O)(=O)c2ccc(C)c(C(=O)O)c2)c(-c2ccccc2)s1. The van der Waals surface area contributed by atoms with Gasteiger partial charge in [0.1, 0.15) is 0 Å². The highest BCUT2D eigenvalue weighted by atomic mass is 32.2. The number of anilines is 1. The fourth-order valence-electron chi connectivity index (χ4n) is 2.47. The van der Waals surface area contributed by atoms with E-state index in [1.54, 1.807) is 13.8 Å². The number of aromatic carboxylic acids is 1. The van der Waals surface area contributed by atoms with Gasteiger partial charge in [0.25, 0.3) is 10.0 Å². The Balaban J connectivity index is 2.02. The number of nitrogens with zero attached hydrogens (tertiary/aromatic N) is 1.